The van der Waals surface area contributed by atoms with Crippen LogP contribution in [-0.2, 0) is 13.5 Å². The molecule has 0 saturated carbocycles. The van der Waals surface area contributed by atoms with Crippen LogP contribution in [0.25, 0.3) is 22.4 Å². The molecule has 0 saturated heterocycles. The molecule has 30 heavy (non-hydrogen) atoms. The molecule has 0 radical (unpaired) electrons. The molecule has 1 unspecified atom stereocenters. The van der Waals surface area contributed by atoms with Crippen molar-refractivity contribution in [1.29, 1.82) is 0 Å². The van der Waals surface area contributed by atoms with Gasteiger partial charge in [0, 0.05) is 31.3 Å². The van der Waals surface area contributed by atoms with E-state index in [0.29, 0.717) is 12.1 Å². The molecule has 0 aliphatic rings. The van der Waals surface area contributed by atoms with Gasteiger partial charge >= 0.3 is 0 Å². The highest BCUT2D eigenvalue weighted by Gasteiger charge is 2.18. The second-order valence-corrected chi connectivity index (χ2v) is 7.27. The van der Waals surface area contributed by atoms with E-state index in [1.165, 1.54) is 5.56 Å². The Balaban J connectivity index is 1.78. The molecule has 1 atom stereocenters. The lowest BCUT2D eigenvalue weighted by molar-refractivity contribution is 0.281. The minimum atomic E-state index is -0.0661. The SMILES string of the molecule is CCc1cc(OC)cc(C(CCO)c2ccc3ncc(-c4cnn(C)c4)nc3n2)c1. The topological polar surface area (TPSA) is 86.0 Å². The van der Waals surface area contributed by atoms with Gasteiger partial charge in [-0.25, -0.2) is 9.97 Å². The Morgan fingerprint density at radius 2 is 2.00 bits per heavy atom. The summed E-state index contributed by atoms with van der Waals surface area (Å²) in [6.45, 7) is 2.17. The number of aliphatic hydroxyl groups excluding tert-OH is 1. The molecule has 4 rings (SSSR count). The summed E-state index contributed by atoms with van der Waals surface area (Å²) in [5.41, 5.74) is 6.05. The smallest absolute Gasteiger partial charge is 0.179 e. The fraction of sp³-hybridized carbons (Fsp3) is 0.304. The van der Waals surface area contributed by atoms with Gasteiger partial charge in [-0.05, 0) is 48.2 Å². The molecule has 7 nitrogen and oxygen atoms in total. The van der Waals surface area contributed by atoms with Gasteiger partial charge in [-0.2, -0.15) is 5.10 Å². The molecule has 0 spiro atoms. The van der Waals surface area contributed by atoms with Gasteiger partial charge in [0.1, 0.15) is 11.3 Å². The number of hydrogen-bond acceptors (Lipinski definition) is 6. The summed E-state index contributed by atoms with van der Waals surface area (Å²) in [5, 5.41) is 13.9. The molecule has 3 aromatic heterocycles. The maximum Gasteiger partial charge on any atom is 0.179 e. The zero-order valence-electron chi connectivity index (χ0n) is 17.4. The normalized spacial score (nSPS) is 12.3. The molecule has 1 N–H and O–H groups in total. The summed E-state index contributed by atoms with van der Waals surface area (Å²) >= 11 is 0. The molecule has 0 fully saturated rings. The number of benzene rings is 1. The number of rotatable bonds is 7. The second-order valence-electron chi connectivity index (χ2n) is 7.27. The number of aliphatic hydroxyl groups is 1. The number of aromatic nitrogens is 5. The van der Waals surface area contributed by atoms with Crippen LogP contribution < -0.4 is 4.74 Å². The fourth-order valence-electron chi connectivity index (χ4n) is 3.62. The zero-order valence-corrected chi connectivity index (χ0v) is 17.4. The summed E-state index contributed by atoms with van der Waals surface area (Å²) < 4.78 is 7.22. The first-order valence-electron chi connectivity index (χ1n) is 10.0. The molecule has 0 aliphatic heterocycles. The van der Waals surface area contributed by atoms with Gasteiger partial charge in [0.15, 0.2) is 5.65 Å². The third-order valence-corrected chi connectivity index (χ3v) is 5.24. The molecule has 7 heteroatoms. The molecule has 3 heterocycles. The molecular weight excluding hydrogens is 378 g/mol. The van der Waals surface area contributed by atoms with E-state index >= 15 is 0 Å². The third kappa shape index (κ3) is 4.02. The van der Waals surface area contributed by atoms with Crippen LogP contribution in [0.5, 0.6) is 5.75 Å². The quantitative estimate of drug-likeness (QED) is 0.508. The first-order chi connectivity index (χ1) is 14.6. The van der Waals surface area contributed by atoms with E-state index in [1.807, 2.05) is 37.5 Å². The summed E-state index contributed by atoms with van der Waals surface area (Å²) in [7, 11) is 3.54. The van der Waals surface area contributed by atoms with Crippen molar-refractivity contribution in [3.8, 4) is 17.0 Å². The van der Waals surface area contributed by atoms with Crippen LogP contribution >= 0.6 is 0 Å². The number of fused-ring (bicyclic) bond motifs is 1. The van der Waals surface area contributed by atoms with E-state index in [-0.39, 0.29) is 12.5 Å². The van der Waals surface area contributed by atoms with Crippen molar-refractivity contribution in [1.82, 2.24) is 24.7 Å². The minimum absolute atomic E-state index is 0.0600. The molecule has 0 bridgehead atoms. The Morgan fingerprint density at radius 3 is 2.70 bits per heavy atom. The summed E-state index contributed by atoms with van der Waals surface area (Å²) in [4.78, 5) is 14.0. The van der Waals surface area contributed by atoms with Gasteiger partial charge in [0.25, 0.3) is 0 Å². The van der Waals surface area contributed by atoms with Crippen LogP contribution in [-0.4, -0.2) is 43.6 Å². The maximum absolute atomic E-state index is 9.72. The van der Waals surface area contributed by atoms with Crippen molar-refractivity contribution in [3.05, 3.63) is 65.7 Å². The van der Waals surface area contributed by atoms with Gasteiger partial charge in [0.05, 0.1) is 30.9 Å². The number of pyridine rings is 1. The number of hydrogen-bond donors (Lipinski definition) is 1. The minimum Gasteiger partial charge on any atom is -0.497 e. The predicted molar refractivity (Wildman–Crippen MR) is 115 cm³/mol. The zero-order chi connectivity index (χ0) is 21.1. The van der Waals surface area contributed by atoms with Crippen LogP contribution in [0.4, 0.5) is 0 Å². The summed E-state index contributed by atoms with van der Waals surface area (Å²) in [6, 6.07) is 10.1. The third-order valence-electron chi connectivity index (χ3n) is 5.24. The van der Waals surface area contributed by atoms with Crippen LogP contribution in [0.2, 0.25) is 0 Å². The molecular formula is C23H25N5O2. The Labute approximate surface area is 175 Å². The largest absolute Gasteiger partial charge is 0.497 e. The van der Waals surface area contributed by atoms with Crippen LogP contribution in [0.1, 0.15) is 36.1 Å². The first kappa shape index (κ1) is 20.0. The predicted octanol–water partition coefficient (Wildman–Crippen LogP) is 3.51. The first-order valence-corrected chi connectivity index (χ1v) is 10.0. The lowest BCUT2D eigenvalue weighted by Crippen LogP contribution is -2.08. The van der Waals surface area contributed by atoms with Crippen molar-refractivity contribution >= 4 is 11.2 Å². The monoisotopic (exact) mass is 403 g/mol. The summed E-state index contributed by atoms with van der Waals surface area (Å²) in [6.07, 6.45) is 6.86. The van der Waals surface area contributed by atoms with Gasteiger partial charge in [-0.15, -0.1) is 0 Å². The average Bonchev–Trinajstić information content (AvgIpc) is 3.22. The van der Waals surface area contributed by atoms with E-state index in [4.69, 9.17) is 14.7 Å². The van der Waals surface area contributed by atoms with Crippen LogP contribution in [0, 0.1) is 0 Å². The lowest BCUT2D eigenvalue weighted by atomic mass is 9.90. The average molecular weight is 403 g/mol. The van der Waals surface area contributed by atoms with Crippen LogP contribution in [0.3, 0.4) is 0 Å². The van der Waals surface area contributed by atoms with Crippen molar-refractivity contribution in [3.63, 3.8) is 0 Å². The highest BCUT2D eigenvalue weighted by molar-refractivity contribution is 5.73. The van der Waals surface area contributed by atoms with E-state index < -0.39 is 0 Å². The fourth-order valence-corrected chi connectivity index (χ4v) is 3.62. The van der Waals surface area contributed by atoms with Gasteiger partial charge < -0.3 is 9.84 Å². The molecule has 0 amide bonds. The van der Waals surface area contributed by atoms with Gasteiger partial charge in [0.2, 0.25) is 0 Å². The van der Waals surface area contributed by atoms with E-state index in [2.05, 4.69) is 23.1 Å². The van der Waals surface area contributed by atoms with E-state index in [0.717, 1.165) is 40.2 Å². The Morgan fingerprint density at radius 1 is 1.13 bits per heavy atom. The lowest BCUT2D eigenvalue weighted by Gasteiger charge is -2.18. The Bertz CT molecular complexity index is 1150. The van der Waals surface area contributed by atoms with Crippen molar-refractivity contribution in [2.45, 2.75) is 25.7 Å². The molecule has 0 aliphatic carbocycles. The highest BCUT2D eigenvalue weighted by Crippen LogP contribution is 2.31. The molecule has 154 valence electrons. The van der Waals surface area contributed by atoms with Gasteiger partial charge in [-0.3, -0.25) is 9.67 Å². The summed E-state index contributed by atoms with van der Waals surface area (Å²) in [5.74, 6) is 0.746. The van der Waals surface area contributed by atoms with Crippen molar-refractivity contribution in [2.75, 3.05) is 13.7 Å². The highest BCUT2D eigenvalue weighted by atomic mass is 16.5. The number of aryl methyl sites for hydroxylation is 2. The van der Waals surface area contributed by atoms with Gasteiger partial charge in [-0.1, -0.05) is 13.0 Å². The van der Waals surface area contributed by atoms with E-state index in [1.54, 1.807) is 24.2 Å². The number of ether oxygens (including phenoxy) is 1. The maximum atomic E-state index is 9.72. The standard InChI is InChI=1S/C23H25N5O2/c1-4-15-9-16(11-18(10-15)30-3)19(7-8-29)20-5-6-21-23(26-20)27-22(13-24-21)17-12-25-28(2)14-17/h5-6,9-14,19,29H,4,7-8H2,1-3H3. The number of nitrogens with zero attached hydrogens (tertiary/aromatic N) is 5. The van der Waals surface area contributed by atoms with Crippen LogP contribution in [0.15, 0.2) is 48.9 Å². The van der Waals surface area contributed by atoms with Crippen molar-refractivity contribution < 1.29 is 9.84 Å². The molecule has 1 aromatic carbocycles. The van der Waals surface area contributed by atoms with E-state index in [9.17, 15) is 5.11 Å². The van der Waals surface area contributed by atoms with Crippen molar-refractivity contribution in [2.24, 2.45) is 7.05 Å². The second kappa shape index (κ2) is 8.59. The Hall–Kier alpha value is -3.32. The molecule has 4 aromatic rings. The number of methoxy groups -OCH3 is 1. The Kier molecular flexibility index (Phi) is 5.72.